The third kappa shape index (κ3) is 6.27. The molecule has 5 heteroatoms. The van der Waals surface area contributed by atoms with E-state index in [0.29, 0.717) is 17.3 Å². The zero-order valence-corrected chi connectivity index (χ0v) is 17.3. The second-order valence-electron chi connectivity index (χ2n) is 7.45. The normalized spacial score (nSPS) is 18.0. The van der Waals surface area contributed by atoms with E-state index in [-0.39, 0.29) is 11.9 Å². The van der Waals surface area contributed by atoms with Crippen molar-refractivity contribution in [3.63, 3.8) is 0 Å². The molecule has 1 aliphatic heterocycles. The van der Waals surface area contributed by atoms with Crippen molar-refractivity contribution >= 4 is 24.8 Å². The molecule has 0 spiro atoms. The van der Waals surface area contributed by atoms with Gasteiger partial charge in [-0.1, -0.05) is 63.1 Å². The number of hydrogen-bond donors (Lipinski definition) is 2. The van der Waals surface area contributed by atoms with Gasteiger partial charge in [-0.3, -0.25) is 0 Å². The van der Waals surface area contributed by atoms with Gasteiger partial charge in [0.1, 0.15) is 5.75 Å². The van der Waals surface area contributed by atoms with Crippen molar-refractivity contribution in [2.45, 2.75) is 58.9 Å². The van der Waals surface area contributed by atoms with E-state index in [2.05, 4.69) is 39.5 Å². The quantitative estimate of drug-likeness (QED) is 0.535. The Morgan fingerprint density at radius 3 is 2.78 bits per heavy atom. The molecule has 0 aromatic heterocycles. The first-order chi connectivity index (χ1) is 12.8. The fourth-order valence-corrected chi connectivity index (χ4v) is 3.56. The Kier molecular flexibility index (Phi) is 8.21. The van der Waals surface area contributed by atoms with E-state index in [9.17, 15) is 10.1 Å². The zero-order valence-electron chi connectivity index (χ0n) is 16.5. The van der Waals surface area contributed by atoms with E-state index in [1.807, 2.05) is 6.07 Å². The second kappa shape index (κ2) is 10.2. The number of aromatic hydroxyl groups is 1. The highest BCUT2D eigenvalue weighted by Gasteiger charge is 2.28. The van der Waals surface area contributed by atoms with E-state index in [0.717, 1.165) is 42.4 Å². The van der Waals surface area contributed by atoms with E-state index in [1.165, 1.54) is 5.57 Å². The van der Waals surface area contributed by atoms with Crippen LogP contribution in [-0.2, 0) is 4.65 Å². The van der Waals surface area contributed by atoms with Gasteiger partial charge in [0.25, 0.3) is 0 Å². The first kappa shape index (κ1) is 21.8. The van der Waals surface area contributed by atoms with Crippen molar-refractivity contribution in [3.05, 3.63) is 58.2 Å². The van der Waals surface area contributed by atoms with Crippen LogP contribution < -0.4 is 0 Å². The maximum absolute atomic E-state index is 9.93. The van der Waals surface area contributed by atoms with Crippen LogP contribution in [0.2, 0.25) is 11.3 Å². The average molecular weight is 389 g/mol. The third-order valence-corrected chi connectivity index (χ3v) is 5.25. The summed E-state index contributed by atoms with van der Waals surface area (Å²) in [4.78, 5) is 0. The van der Waals surface area contributed by atoms with Crippen molar-refractivity contribution in [1.82, 2.24) is 0 Å². The summed E-state index contributed by atoms with van der Waals surface area (Å²) in [7, 11) is -0.746. The molecule has 146 valence electrons. The van der Waals surface area contributed by atoms with Gasteiger partial charge < -0.3 is 14.8 Å². The molecular weight excluding hydrogens is 359 g/mol. The Morgan fingerprint density at radius 2 is 2.15 bits per heavy atom. The molecule has 0 radical (unpaired) electrons. The molecule has 1 aromatic rings. The lowest BCUT2D eigenvalue weighted by molar-refractivity contribution is 0.182. The highest BCUT2D eigenvalue weighted by atomic mass is 35.5. The van der Waals surface area contributed by atoms with E-state index in [4.69, 9.17) is 16.3 Å². The first-order valence-electron chi connectivity index (χ1n) is 9.72. The molecule has 2 rings (SSSR count). The molecule has 0 aliphatic carbocycles. The minimum atomic E-state index is -0.746. The Morgan fingerprint density at radius 1 is 1.41 bits per heavy atom. The number of benzene rings is 1. The molecule has 1 aliphatic rings. The Hall–Kier alpha value is -1.49. The van der Waals surface area contributed by atoms with Crippen molar-refractivity contribution in [2.75, 3.05) is 0 Å². The van der Waals surface area contributed by atoms with Gasteiger partial charge in [0.2, 0.25) is 0 Å². The number of phenols is 1. The van der Waals surface area contributed by atoms with Crippen LogP contribution in [0.5, 0.6) is 5.75 Å². The largest absolute Gasteiger partial charge is 0.508 e. The molecule has 0 fully saturated rings. The van der Waals surface area contributed by atoms with Gasteiger partial charge in [-0.15, -0.1) is 0 Å². The van der Waals surface area contributed by atoms with Gasteiger partial charge in [-0.25, -0.2) is 0 Å². The molecule has 0 amide bonds. The van der Waals surface area contributed by atoms with E-state index >= 15 is 0 Å². The van der Waals surface area contributed by atoms with Gasteiger partial charge in [-0.05, 0) is 60.1 Å². The lowest BCUT2D eigenvalue weighted by Crippen LogP contribution is -2.32. The maximum atomic E-state index is 9.93. The first-order valence-corrected chi connectivity index (χ1v) is 10.1. The standard InChI is InChI=1S/C22H30BClO3/c1-5-6-17(13-18-8-9-19(25)14-21(18)24)7-10-22-20(16(4)15(2)3)11-12-23(26)27-22/h8-9,11,13-15,22,25-26H,4-7,10,12H2,1-3H3/b17-13+. The molecule has 0 saturated heterocycles. The topological polar surface area (TPSA) is 49.7 Å². The smallest absolute Gasteiger partial charge is 0.458 e. The second-order valence-corrected chi connectivity index (χ2v) is 7.86. The van der Waals surface area contributed by atoms with Gasteiger partial charge in [0.15, 0.2) is 0 Å². The molecule has 1 unspecified atom stereocenters. The van der Waals surface area contributed by atoms with Crippen LogP contribution in [-0.4, -0.2) is 23.4 Å². The number of allylic oxidation sites excluding steroid dienone is 2. The SMILES string of the molecule is C=C(C1=CCB(O)OC1CC/C(=C/c1ccc(O)cc1Cl)CCC)C(C)C. The maximum Gasteiger partial charge on any atom is 0.458 e. The highest BCUT2D eigenvalue weighted by Crippen LogP contribution is 2.32. The Balaban J connectivity index is 2.16. The van der Waals surface area contributed by atoms with E-state index < -0.39 is 7.12 Å². The minimum absolute atomic E-state index is 0.140. The fourth-order valence-electron chi connectivity index (χ4n) is 3.33. The number of hydrogen-bond acceptors (Lipinski definition) is 3. The van der Waals surface area contributed by atoms with Crippen LogP contribution in [0.15, 0.2) is 47.6 Å². The van der Waals surface area contributed by atoms with E-state index in [1.54, 1.807) is 12.1 Å². The van der Waals surface area contributed by atoms with Crippen LogP contribution in [0.25, 0.3) is 6.08 Å². The summed E-state index contributed by atoms with van der Waals surface area (Å²) in [6.07, 6.45) is 8.19. The average Bonchev–Trinajstić information content (AvgIpc) is 2.61. The van der Waals surface area contributed by atoms with Crippen LogP contribution in [0.1, 0.15) is 52.0 Å². The molecule has 0 saturated carbocycles. The lowest BCUT2D eigenvalue weighted by Gasteiger charge is -2.30. The van der Waals surface area contributed by atoms with Gasteiger partial charge in [0, 0.05) is 6.32 Å². The molecule has 1 heterocycles. The fraction of sp³-hybridized carbons (Fsp3) is 0.455. The van der Waals surface area contributed by atoms with Crippen LogP contribution >= 0.6 is 11.6 Å². The summed E-state index contributed by atoms with van der Waals surface area (Å²) in [5.74, 6) is 0.514. The molecule has 1 atom stereocenters. The minimum Gasteiger partial charge on any atom is -0.508 e. The monoisotopic (exact) mass is 388 g/mol. The predicted octanol–water partition coefficient (Wildman–Crippen LogP) is 6.03. The van der Waals surface area contributed by atoms with Crippen molar-refractivity contribution in [1.29, 1.82) is 0 Å². The lowest BCUT2D eigenvalue weighted by atomic mass is 9.76. The van der Waals surface area contributed by atoms with Gasteiger partial charge in [-0.2, -0.15) is 0 Å². The molecule has 2 N–H and O–H groups in total. The number of phenolic OH excluding ortho intramolecular Hbond substituents is 1. The summed E-state index contributed by atoms with van der Waals surface area (Å²) in [6.45, 7) is 10.6. The zero-order chi connectivity index (χ0) is 20.0. The Bertz CT molecular complexity index is 724. The summed E-state index contributed by atoms with van der Waals surface area (Å²) in [6, 6.07) is 5.04. The highest BCUT2D eigenvalue weighted by molar-refractivity contribution is 6.43. The van der Waals surface area contributed by atoms with Crippen LogP contribution in [0.4, 0.5) is 0 Å². The van der Waals surface area contributed by atoms with Crippen LogP contribution in [0.3, 0.4) is 0 Å². The summed E-state index contributed by atoms with van der Waals surface area (Å²) in [5, 5.41) is 20.0. The summed E-state index contributed by atoms with van der Waals surface area (Å²) < 4.78 is 5.83. The van der Waals surface area contributed by atoms with Crippen molar-refractivity contribution in [2.24, 2.45) is 5.92 Å². The predicted molar refractivity (Wildman–Crippen MR) is 115 cm³/mol. The molecule has 27 heavy (non-hydrogen) atoms. The number of rotatable bonds is 8. The summed E-state index contributed by atoms with van der Waals surface area (Å²) >= 11 is 6.26. The molecule has 3 nitrogen and oxygen atoms in total. The molecule has 1 aromatic carbocycles. The van der Waals surface area contributed by atoms with Gasteiger partial charge in [0.05, 0.1) is 11.1 Å². The van der Waals surface area contributed by atoms with Crippen LogP contribution in [0, 0.1) is 5.92 Å². The van der Waals surface area contributed by atoms with Crippen molar-refractivity contribution in [3.8, 4) is 5.75 Å². The van der Waals surface area contributed by atoms with Crippen molar-refractivity contribution < 1.29 is 14.8 Å². The molecular formula is C22H30BClO3. The summed E-state index contributed by atoms with van der Waals surface area (Å²) in [5.41, 5.74) is 4.39. The molecule has 0 bridgehead atoms. The Labute approximate surface area is 168 Å². The third-order valence-electron chi connectivity index (χ3n) is 4.92. The number of halogens is 1. The van der Waals surface area contributed by atoms with Gasteiger partial charge >= 0.3 is 7.12 Å².